The van der Waals surface area contributed by atoms with Crippen LogP contribution >= 0.6 is 12.6 Å². The fourth-order valence-electron chi connectivity index (χ4n) is 0.439. The van der Waals surface area contributed by atoms with Crippen molar-refractivity contribution in [2.75, 3.05) is 5.75 Å². The van der Waals surface area contributed by atoms with E-state index in [4.69, 9.17) is 5.11 Å². The SMILES string of the molecule is CC(=O)NC(CS)C(=O)[OH2+]. The zero-order valence-corrected chi connectivity index (χ0v) is 6.44. The van der Waals surface area contributed by atoms with Gasteiger partial charge in [-0.2, -0.15) is 12.6 Å². The molecular weight excluding hydrogens is 154 g/mol. The molecule has 1 atom stereocenters. The predicted molar refractivity (Wildman–Crippen MR) is 40.1 cm³/mol. The lowest BCUT2D eigenvalue weighted by Crippen LogP contribution is -2.40. The van der Waals surface area contributed by atoms with Gasteiger partial charge in [-0.05, 0) is 0 Å². The molecule has 0 heterocycles. The maximum Gasteiger partial charge on any atom is 0.539 e. The molecule has 3 N–H and O–H groups in total. The minimum Gasteiger partial charge on any atom is -0.563 e. The monoisotopic (exact) mass is 164 g/mol. The van der Waals surface area contributed by atoms with Gasteiger partial charge < -0.3 is 10.4 Å². The molecule has 0 aromatic rings. The minimum atomic E-state index is -0.815. The van der Waals surface area contributed by atoms with Gasteiger partial charge in [-0.3, -0.25) is 4.79 Å². The van der Waals surface area contributed by atoms with Crippen molar-refractivity contribution in [3.8, 4) is 0 Å². The number of hydrogen-bond acceptors (Lipinski definition) is 3. The Morgan fingerprint density at radius 1 is 1.70 bits per heavy atom. The standard InChI is InChI=1S/C5H9NO3S/c1-3(7)6-4(2-10)5(8)9/h4,10H,2H2,1H3,(H,6,7)(H,8,9)/p+1. The first-order valence-electron chi connectivity index (χ1n) is 2.71. The Bertz CT molecular complexity index is 148. The average molecular weight is 164 g/mol. The zero-order chi connectivity index (χ0) is 8.15. The van der Waals surface area contributed by atoms with E-state index in [1.54, 1.807) is 0 Å². The lowest BCUT2D eigenvalue weighted by Gasteiger charge is -2.04. The van der Waals surface area contributed by atoms with Crippen LogP contribution in [0.3, 0.4) is 0 Å². The smallest absolute Gasteiger partial charge is 0.539 e. The van der Waals surface area contributed by atoms with Crippen LogP contribution in [0.4, 0.5) is 0 Å². The van der Waals surface area contributed by atoms with E-state index in [9.17, 15) is 9.59 Å². The highest BCUT2D eigenvalue weighted by Gasteiger charge is 2.23. The first-order chi connectivity index (χ1) is 4.57. The van der Waals surface area contributed by atoms with Crippen LogP contribution < -0.4 is 5.32 Å². The molecule has 10 heavy (non-hydrogen) atoms. The maximum absolute atomic E-state index is 10.3. The van der Waals surface area contributed by atoms with Crippen LogP contribution in [-0.4, -0.2) is 28.8 Å². The molecule has 0 rings (SSSR count). The number of amides is 1. The summed E-state index contributed by atoms with van der Waals surface area (Å²) in [7, 11) is 0. The summed E-state index contributed by atoms with van der Waals surface area (Å²) in [5.74, 6) is -0.966. The van der Waals surface area contributed by atoms with Crippen molar-refractivity contribution >= 4 is 24.5 Å². The second kappa shape index (κ2) is 4.16. The summed E-state index contributed by atoms with van der Waals surface area (Å²) < 4.78 is 0. The third-order valence-corrected chi connectivity index (χ3v) is 1.24. The first-order valence-corrected chi connectivity index (χ1v) is 3.34. The quantitative estimate of drug-likeness (QED) is 0.401. The Balaban J connectivity index is 3.83. The van der Waals surface area contributed by atoms with Crippen LogP contribution in [0.15, 0.2) is 0 Å². The lowest BCUT2D eigenvalue weighted by molar-refractivity contribution is -0.140. The van der Waals surface area contributed by atoms with Crippen LogP contribution in [0, 0.1) is 0 Å². The molecule has 0 aromatic carbocycles. The van der Waals surface area contributed by atoms with Gasteiger partial charge in [0, 0.05) is 17.5 Å². The molecule has 0 aliphatic carbocycles. The fraction of sp³-hybridized carbons (Fsp3) is 0.600. The third kappa shape index (κ3) is 3.34. The van der Waals surface area contributed by atoms with Crippen molar-refractivity contribution in [3.05, 3.63) is 0 Å². The Morgan fingerprint density at radius 2 is 2.20 bits per heavy atom. The first kappa shape index (κ1) is 9.29. The predicted octanol–water partition coefficient (Wildman–Crippen LogP) is -1.33. The average Bonchev–Trinajstić information content (AvgIpc) is 1.81. The topological polar surface area (TPSA) is 69.1 Å². The Labute approximate surface area is 64.0 Å². The van der Waals surface area contributed by atoms with Crippen LogP contribution in [0.25, 0.3) is 0 Å². The van der Waals surface area contributed by atoms with Gasteiger partial charge in [0.15, 0.2) is 6.04 Å². The number of thiol groups is 1. The molecule has 1 unspecified atom stereocenters. The fourth-order valence-corrected chi connectivity index (χ4v) is 0.697. The summed E-state index contributed by atoms with van der Waals surface area (Å²) in [6.45, 7) is 1.29. The Hall–Kier alpha value is -0.710. The molecule has 0 fully saturated rings. The van der Waals surface area contributed by atoms with Gasteiger partial charge in [0.05, 0.1) is 0 Å². The Morgan fingerprint density at radius 3 is 2.30 bits per heavy atom. The lowest BCUT2D eigenvalue weighted by atomic mass is 10.3. The molecule has 4 nitrogen and oxygen atoms in total. The van der Waals surface area contributed by atoms with Crippen LogP contribution in [0.2, 0.25) is 0 Å². The van der Waals surface area contributed by atoms with E-state index in [2.05, 4.69) is 17.9 Å². The normalized spacial score (nSPS) is 12.2. The zero-order valence-electron chi connectivity index (χ0n) is 5.55. The van der Waals surface area contributed by atoms with Crippen LogP contribution in [0.1, 0.15) is 6.92 Å². The van der Waals surface area contributed by atoms with E-state index in [0.29, 0.717) is 0 Å². The number of hydrogen-bond donors (Lipinski definition) is 2. The van der Waals surface area contributed by atoms with E-state index in [0.717, 1.165) is 0 Å². The van der Waals surface area contributed by atoms with Gasteiger partial charge in [0.1, 0.15) is 0 Å². The van der Waals surface area contributed by atoms with E-state index in [1.165, 1.54) is 6.92 Å². The second-order valence-electron chi connectivity index (χ2n) is 1.80. The van der Waals surface area contributed by atoms with Gasteiger partial charge in [0.25, 0.3) is 0 Å². The van der Waals surface area contributed by atoms with Crippen LogP contribution in [0.5, 0.6) is 0 Å². The molecule has 0 spiro atoms. The molecule has 0 saturated carbocycles. The summed E-state index contributed by atoms with van der Waals surface area (Å²) in [4.78, 5) is 20.7. The van der Waals surface area contributed by atoms with Crippen molar-refractivity contribution in [2.45, 2.75) is 13.0 Å². The molecule has 0 aromatic heterocycles. The van der Waals surface area contributed by atoms with Crippen molar-refractivity contribution in [3.63, 3.8) is 0 Å². The van der Waals surface area contributed by atoms with Gasteiger partial charge in [-0.1, -0.05) is 0 Å². The van der Waals surface area contributed by atoms with E-state index >= 15 is 0 Å². The van der Waals surface area contributed by atoms with Crippen molar-refractivity contribution in [2.24, 2.45) is 0 Å². The molecule has 1 amide bonds. The van der Waals surface area contributed by atoms with Crippen molar-refractivity contribution < 1.29 is 14.7 Å². The van der Waals surface area contributed by atoms with Crippen LogP contribution in [-0.2, 0) is 9.59 Å². The highest BCUT2D eigenvalue weighted by Crippen LogP contribution is 1.86. The van der Waals surface area contributed by atoms with Gasteiger partial charge >= 0.3 is 5.97 Å². The van der Waals surface area contributed by atoms with Gasteiger partial charge in [-0.25, -0.2) is 0 Å². The largest absolute Gasteiger partial charge is 0.563 e. The number of rotatable bonds is 3. The minimum absolute atomic E-state index is 0.169. The van der Waals surface area contributed by atoms with E-state index < -0.39 is 12.0 Å². The highest BCUT2D eigenvalue weighted by molar-refractivity contribution is 7.80. The van der Waals surface area contributed by atoms with Crippen molar-refractivity contribution in [1.82, 2.24) is 5.32 Å². The molecule has 0 aliphatic rings. The number of nitrogens with one attached hydrogen (secondary N) is 1. The maximum atomic E-state index is 10.3. The molecule has 0 aliphatic heterocycles. The van der Waals surface area contributed by atoms with Gasteiger partial charge in [0.2, 0.25) is 5.91 Å². The molecule has 5 heteroatoms. The molecular formula is C5H10NO3S+. The Kier molecular flexibility index (Phi) is 3.87. The molecule has 0 bridgehead atoms. The molecule has 0 saturated heterocycles. The summed E-state index contributed by atoms with van der Waals surface area (Å²) in [5.41, 5.74) is 0. The molecule has 0 radical (unpaired) electrons. The third-order valence-electron chi connectivity index (χ3n) is 0.877. The number of carbonyl (C=O) groups is 2. The molecule has 58 valence electrons. The van der Waals surface area contributed by atoms with E-state index in [-0.39, 0.29) is 11.7 Å². The van der Waals surface area contributed by atoms with Gasteiger partial charge in [-0.15, -0.1) is 0 Å². The summed E-state index contributed by atoms with van der Waals surface area (Å²) in [6.07, 6.45) is 0. The van der Waals surface area contributed by atoms with Crippen molar-refractivity contribution in [1.29, 1.82) is 0 Å². The summed E-state index contributed by atoms with van der Waals surface area (Å²) >= 11 is 3.77. The highest BCUT2D eigenvalue weighted by atomic mass is 32.1. The van der Waals surface area contributed by atoms with E-state index in [1.807, 2.05) is 0 Å². The summed E-state index contributed by atoms with van der Waals surface area (Å²) in [5, 5.41) is 8.90. The summed E-state index contributed by atoms with van der Waals surface area (Å²) in [6, 6.07) is -0.763. The number of carbonyl (C=O) groups excluding carboxylic acids is 2. The second-order valence-corrected chi connectivity index (χ2v) is 2.17.